The van der Waals surface area contributed by atoms with Crippen LogP contribution in [0.25, 0.3) is 10.6 Å². The van der Waals surface area contributed by atoms with Crippen molar-refractivity contribution in [2.24, 2.45) is 0 Å². The van der Waals surface area contributed by atoms with Gasteiger partial charge in [0, 0.05) is 19.3 Å². The Morgan fingerprint density at radius 1 is 1.37 bits per heavy atom. The summed E-state index contributed by atoms with van der Waals surface area (Å²) in [7, 11) is 0.958. The molecule has 3 rings (SSSR count). The molecular weight excluding hydrogens is 409 g/mol. The lowest BCUT2D eigenvalue weighted by Gasteiger charge is -2.05. The highest BCUT2D eigenvalue weighted by atomic mass is 32.1. The van der Waals surface area contributed by atoms with Gasteiger partial charge in [0.1, 0.15) is 5.69 Å². The van der Waals surface area contributed by atoms with Gasteiger partial charge in [-0.15, -0.1) is 11.3 Å². The fourth-order valence-corrected chi connectivity index (χ4v) is 3.37. The molecular formula is C21H26FN3O4S. The monoisotopic (exact) mass is 435 g/mol. The lowest BCUT2D eigenvalue weighted by atomic mass is 10.2. The number of thiophene rings is 1. The number of aromatic nitrogens is 2. The number of carbonyl (C=O) groups is 1. The van der Waals surface area contributed by atoms with Crippen LogP contribution >= 0.6 is 11.3 Å². The molecule has 0 unspecified atom stereocenters. The first-order valence-corrected chi connectivity index (χ1v) is 10.2. The van der Waals surface area contributed by atoms with E-state index in [1.54, 1.807) is 0 Å². The highest BCUT2D eigenvalue weighted by molar-refractivity contribution is 7.17. The molecule has 1 saturated heterocycles. The van der Waals surface area contributed by atoms with E-state index in [0.29, 0.717) is 0 Å². The molecule has 0 amide bonds. The predicted molar refractivity (Wildman–Crippen MR) is 115 cm³/mol. The summed E-state index contributed by atoms with van der Waals surface area (Å²) in [5, 5.41) is 7.97. The number of carbonyl (C=O) groups excluding carboxylic acids is 1. The number of nitrogens with zero attached hydrogens (tertiary/aromatic N) is 2. The molecule has 0 aliphatic carbocycles. The molecule has 3 heterocycles. The van der Waals surface area contributed by atoms with Gasteiger partial charge in [-0.1, -0.05) is 11.6 Å². The Balaban J connectivity index is 0.00000101. The SMILES string of the molecule is C/C=C1/OCO/C1=C/C=C(\C)CNCCn1ccc(-c2ccc(C=O)s2)n1.COF. The van der Waals surface area contributed by atoms with E-state index >= 15 is 0 Å². The first-order chi connectivity index (χ1) is 14.6. The molecule has 0 radical (unpaired) electrons. The van der Waals surface area contributed by atoms with Crippen LogP contribution in [0.2, 0.25) is 0 Å². The third-order valence-corrected chi connectivity index (χ3v) is 5.04. The number of allylic oxidation sites excluding steroid dienone is 3. The van der Waals surface area contributed by atoms with Gasteiger partial charge in [-0.2, -0.15) is 10.0 Å². The van der Waals surface area contributed by atoms with E-state index in [2.05, 4.69) is 22.3 Å². The first-order valence-electron chi connectivity index (χ1n) is 9.35. The summed E-state index contributed by atoms with van der Waals surface area (Å²) >= 11 is 1.45. The molecule has 9 heteroatoms. The zero-order valence-corrected chi connectivity index (χ0v) is 18.1. The second kappa shape index (κ2) is 12.7. The van der Waals surface area contributed by atoms with E-state index in [1.165, 1.54) is 16.9 Å². The van der Waals surface area contributed by atoms with Crippen LogP contribution < -0.4 is 5.32 Å². The van der Waals surface area contributed by atoms with E-state index in [-0.39, 0.29) is 6.79 Å². The molecule has 2 aromatic heterocycles. The second-order valence-corrected chi connectivity index (χ2v) is 7.33. The Morgan fingerprint density at radius 2 is 2.13 bits per heavy atom. The van der Waals surface area contributed by atoms with Crippen LogP contribution in [-0.4, -0.2) is 43.1 Å². The fourth-order valence-electron chi connectivity index (χ4n) is 2.58. The fraction of sp³-hybridized carbons (Fsp3) is 0.333. The number of hydrogen-bond acceptors (Lipinski definition) is 7. The Morgan fingerprint density at radius 3 is 2.83 bits per heavy atom. The molecule has 162 valence electrons. The van der Waals surface area contributed by atoms with Gasteiger partial charge in [0.2, 0.25) is 6.79 Å². The molecule has 30 heavy (non-hydrogen) atoms. The van der Waals surface area contributed by atoms with Crippen molar-refractivity contribution in [2.45, 2.75) is 20.4 Å². The van der Waals surface area contributed by atoms with Crippen molar-refractivity contribution in [3.05, 3.63) is 64.6 Å². The maximum atomic E-state index is 10.8. The summed E-state index contributed by atoms with van der Waals surface area (Å²) in [5.41, 5.74) is 2.10. The van der Waals surface area contributed by atoms with E-state index in [0.717, 1.165) is 60.0 Å². The zero-order chi connectivity index (χ0) is 21.8. The van der Waals surface area contributed by atoms with Crippen LogP contribution in [0.5, 0.6) is 0 Å². The number of ether oxygens (including phenoxy) is 2. The lowest BCUT2D eigenvalue weighted by molar-refractivity contribution is -0.0960. The molecule has 2 aromatic rings. The summed E-state index contributed by atoms with van der Waals surface area (Å²) in [6, 6.07) is 5.72. The van der Waals surface area contributed by atoms with Crippen molar-refractivity contribution in [3.8, 4) is 10.6 Å². The summed E-state index contributed by atoms with van der Waals surface area (Å²) < 4.78 is 22.4. The van der Waals surface area contributed by atoms with Crippen LogP contribution in [0.3, 0.4) is 0 Å². The van der Waals surface area contributed by atoms with Crippen molar-refractivity contribution >= 4 is 17.6 Å². The molecule has 0 spiro atoms. The highest BCUT2D eigenvalue weighted by Crippen LogP contribution is 2.25. The standard InChI is InChI=1S/C20H23N3O3S.CH3FO/c1-3-18-19(26-14-25-18)6-4-15(2)12-21-9-11-23-10-8-17(22-23)20-7-5-16(13-24)27-20;1-3-2/h3-8,10,13,21H,9,11-12,14H2,1-2H3;1H3/b15-4+,18-3+,19-6+;. The van der Waals surface area contributed by atoms with Crippen LogP contribution in [0, 0.1) is 0 Å². The smallest absolute Gasteiger partial charge is 0.231 e. The minimum atomic E-state index is 0.282. The molecule has 0 bridgehead atoms. The summed E-state index contributed by atoms with van der Waals surface area (Å²) in [6.07, 6.45) is 8.70. The number of aldehydes is 1. The minimum absolute atomic E-state index is 0.282. The summed E-state index contributed by atoms with van der Waals surface area (Å²) in [6.45, 7) is 6.66. The molecule has 7 nitrogen and oxygen atoms in total. The molecule has 0 saturated carbocycles. The van der Waals surface area contributed by atoms with Crippen LogP contribution in [0.15, 0.2) is 59.7 Å². The molecule has 0 atom stereocenters. The van der Waals surface area contributed by atoms with Crippen molar-refractivity contribution in [3.63, 3.8) is 0 Å². The molecule has 1 N–H and O–H groups in total. The quantitative estimate of drug-likeness (QED) is 0.493. The van der Waals surface area contributed by atoms with Crippen LogP contribution in [0.1, 0.15) is 23.5 Å². The van der Waals surface area contributed by atoms with Gasteiger partial charge in [0.25, 0.3) is 0 Å². The number of hydrogen-bond donors (Lipinski definition) is 1. The first kappa shape index (κ1) is 23.5. The van der Waals surface area contributed by atoms with E-state index in [9.17, 15) is 9.32 Å². The number of rotatable bonds is 8. The minimum Gasteiger partial charge on any atom is -0.454 e. The van der Waals surface area contributed by atoms with Gasteiger partial charge in [-0.3, -0.25) is 9.48 Å². The maximum absolute atomic E-state index is 10.8. The normalized spacial score (nSPS) is 16.2. The van der Waals surface area contributed by atoms with Gasteiger partial charge >= 0.3 is 0 Å². The Labute approximate surface area is 179 Å². The lowest BCUT2D eigenvalue weighted by Crippen LogP contribution is -2.21. The molecule has 1 aliphatic rings. The van der Waals surface area contributed by atoms with E-state index in [1.807, 2.05) is 54.2 Å². The van der Waals surface area contributed by atoms with Gasteiger partial charge in [-0.05, 0) is 48.7 Å². The van der Waals surface area contributed by atoms with Crippen molar-refractivity contribution in [1.82, 2.24) is 15.1 Å². The third kappa shape index (κ3) is 7.25. The summed E-state index contributed by atoms with van der Waals surface area (Å²) in [4.78, 5) is 15.3. The molecule has 1 fully saturated rings. The third-order valence-electron chi connectivity index (χ3n) is 4.01. The average molecular weight is 436 g/mol. The van der Waals surface area contributed by atoms with Crippen LogP contribution in [0.4, 0.5) is 4.53 Å². The van der Waals surface area contributed by atoms with E-state index < -0.39 is 0 Å². The Bertz CT molecular complexity index is 902. The van der Waals surface area contributed by atoms with Crippen molar-refractivity contribution in [1.29, 1.82) is 0 Å². The van der Waals surface area contributed by atoms with Gasteiger partial charge in [-0.25, -0.2) is 0 Å². The van der Waals surface area contributed by atoms with Gasteiger partial charge < -0.3 is 14.8 Å². The second-order valence-electron chi connectivity index (χ2n) is 6.22. The van der Waals surface area contributed by atoms with Crippen LogP contribution in [-0.2, 0) is 21.0 Å². The van der Waals surface area contributed by atoms with E-state index in [4.69, 9.17) is 9.47 Å². The van der Waals surface area contributed by atoms with Gasteiger partial charge in [0.15, 0.2) is 17.8 Å². The average Bonchev–Trinajstić information content (AvgIpc) is 3.50. The largest absolute Gasteiger partial charge is 0.454 e. The predicted octanol–water partition coefficient (Wildman–Crippen LogP) is 4.27. The summed E-state index contributed by atoms with van der Waals surface area (Å²) in [5.74, 6) is 1.56. The molecule has 0 aromatic carbocycles. The van der Waals surface area contributed by atoms with Crippen molar-refractivity contribution < 1.29 is 23.7 Å². The number of halogens is 1. The number of nitrogens with one attached hydrogen (secondary N) is 1. The highest BCUT2D eigenvalue weighted by Gasteiger charge is 2.13. The Kier molecular flexibility index (Phi) is 9.99. The van der Waals surface area contributed by atoms with Crippen molar-refractivity contribution in [2.75, 3.05) is 27.0 Å². The topological polar surface area (TPSA) is 74.6 Å². The Hall–Kier alpha value is -2.75. The molecule has 1 aliphatic heterocycles. The maximum Gasteiger partial charge on any atom is 0.231 e. The zero-order valence-electron chi connectivity index (χ0n) is 17.3. The van der Waals surface area contributed by atoms with Gasteiger partial charge in [0.05, 0.1) is 23.4 Å².